The lowest BCUT2D eigenvalue weighted by molar-refractivity contribution is -0.157. The number of aromatic nitrogens is 3. The van der Waals surface area contributed by atoms with Gasteiger partial charge in [0.2, 0.25) is 0 Å². The summed E-state index contributed by atoms with van der Waals surface area (Å²) in [6.07, 6.45) is 3.13. The summed E-state index contributed by atoms with van der Waals surface area (Å²) in [6.45, 7) is 10.4. The van der Waals surface area contributed by atoms with E-state index in [2.05, 4.69) is 43.9 Å². The lowest BCUT2D eigenvalue weighted by atomic mass is 9.88. The first-order valence-electron chi connectivity index (χ1n) is 13.7. The van der Waals surface area contributed by atoms with Gasteiger partial charge in [0.25, 0.3) is 0 Å². The van der Waals surface area contributed by atoms with E-state index in [-0.39, 0.29) is 17.8 Å². The van der Waals surface area contributed by atoms with Crippen molar-refractivity contribution >= 4 is 16.9 Å². The standard InChI is InChI=1S/C28H33FN8O2/c1-19-13-36(25-4-3-21(10-30)37-26(25)24(29)12-32-37)15-23(39-19)14-34-17-28(18-34)27-20(16-38-28)9-22(11-31-27)35-7-5-33(2)6-8-35/h3-4,9,11-12,19,23H,5-8,13-18H2,1-2H3/t19-,23+/m1/s1. The van der Waals surface area contributed by atoms with Gasteiger partial charge in [-0.25, -0.2) is 8.91 Å². The maximum Gasteiger partial charge on any atom is 0.171 e. The summed E-state index contributed by atoms with van der Waals surface area (Å²) in [5, 5.41) is 13.5. The molecule has 204 valence electrons. The van der Waals surface area contributed by atoms with E-state index in [0.29, 0.717) is 30.9 Å². The molecule has 7 rings (SSSR count). The third kappa shape index (κ3) is 4.23. The number of likely N-dealkylation sites (N-methyl/N-ethyl adjacent to an activating group) is 1. The van der Waals surface area contributed by atoms with E-state index in [0.717, 1.165) is 57.2 Å². The van der Waals surface area contributed by atoms with Crippen LogP contribution in [0.2, 0.25) is 0 Å². The van der Waals surface area contributed by atoms with Crippen LogP contribution in [0.1, 0.15) is 23.9 Å². The molecule has 3 aromatic rings. The number of rotatable bonds is 4. The van der Waals surface area contributed by atoms with Gasteiger partial charge in [-0.2, -0.15) is 10.4 Å². The molecule has 0 N–H and O–H groups in total. The molecule has 0 unspecified atom stereocenters. The lowest BCUT2D eigenvalue weighted by Crippen LogP contribution is -2.62. The summed E-state index contributed by atoms with van der Waals surface area (Å²) in [7, 11) is 2.17. The fourth-order valence-electron chi connectivity index (χ4n) is 6.61. The number of hydrogen-bond acceptors (Lipinski definition) is 9. The predicted molar refractivity (Wildman–Crippen MR) is 143 cm³/mol. The molecule has 0 amide bonds. The molecule has 11 heteroatoms. The van der Waals surface area contributed by atoms with E-state index in [1.807, 2.05) is 19.2 Å². The van der Waals surface area contributed by atoms with E-state index in [4.69, 9.17) is 14.5 Å². The van der Waals surface area contributed by atoms with E-state index >= 15 is 0 Å². The fraction of sp³-hybridized carbons (Fsp3) is 0.536. The normalized spacial score (nSPS) is 25.2. The highest BCUT2D eigenvalue weighted by Crippen LogP contribution is 2.43. The molecule has 1 spiro atoms. The Morgan fingerprint density at radius 3 is 2.74 bits per heavy atom. The molecule has 4 aliphatic rings. The zero-order valence-electron chi connectivity index (χ0n) is 22.4. The number of nitrogens with zero attached hydrogens (tertiary/aromatic N) is 8. The monoisotopic (exact) mass is 532 g/mol. The summed E-state index contributed by atoms with van der Waals surface area (Å²) in [4.78, 5) is 14.2. The van der Waals surface area contributed by atoms with Crippen LogP contribution in [0.5, 0.6) is 0 Å². The van der Waals surface area contributed by atoms with Crippen LogP contribution in [0, 0.1) is 17.1 Å². The Kier molecular flexibility index (Phi) is 5.97. The second-order valence-corrected chi connectivity index (χ2v) is 11.4. The Balaban J connectivity index is 1.03. The summed E-state index contributed by atoms with van der Waals surface area (Å²) >= 11 is 0. The predicted octanol–water partition coefficient (Wildman–Crippen LogP) is 1.83. The maximum atomic E-state index is 14.7. The molecule has 7 heterocycles. The van der Waals surface area contributed by atoms with Crippen molar-refractivity contribution in [1.29, 1.82) is 5.26 Å². The minimum Gasteiger partial charge on any atom is -0.370 e. The van der Waals surface area contributed by atoms with Crippen LogP contribution in [0.3, 0.4) is 0 Å². The molecular weight excluding hydrogens is 499 g/mol. The molecule has 2 atom stereocenters. The Labute approximate surface area is 227 Å². The van der Waals surface area contributed by atoms with Crippen LogP contribution in [0.25, 0.3) is 5.52 Å². The third-order valence-electron chi connectivity index (χ3n) is 8.55. The maximum absolute atomic E-state index is 14.7. The van der Waals surface area contributed by atoms with Gasteiger partial charge in [-0.3, -0.25) is 9.88 Å². The van der Waals surface area contributed by atoms with E-state index in [1.165, 1.54) is 22.0 Å². The topological polar surface area (TPSA) is 85.4 Å². The van der Waals surface area contributed by atoms with Crippen molar-refractivity contribution in [3.8, 4) is 6.07 Å². The average Bonchev–Trinajstić information content (AvgIpc) is 3.49. The van der Waals surface area contributed by atoms with Crippen molar-refractivity contribution in [3.63, 3.8) is 0 Å². The Morgan fingerprint density at radius 1 is 1.13 bits per heavy atom. The largest absolute Gasteiger partial charge is 0.370 e. The number of fused-ring (bicyclic) bond motifs is 3. The molecule has 4 aliphatic heterocycles. The van der Waals surface area contributed by atoms with Gasteiger partial charge in [0.1, 0.15) is 22.9 Å². The quantitative estimate of drug-likeness (QED) is 0.500. The molecule has 0 saturated carbocycles. The molecule has 39 heavy (non-hydrogen) atoms. The first kappa shape index (κ1) is 24.7. The number of pyridine rings is 2. The smallest absolute Gasteiger partial charge is 0.171 e. The van der Waals surface area contributed by atoms with Gasteiger partial charge in [-0.15, -0.1) is 0 Å². The van der Waals surface area contributed by atoms with Crippen LogP contribution < -0.4 is 9.80 Å². The van der Waals surface area contributed by atoms with E-state index in [9.17, 15) is 9.65 Å². The van der Waals surface area contributed by atoms with Crippen LogP contribution in [0.15, 0.2) is 30.6 Å². The number of likely N-dealkylation sites (tertiary alicyclic amines) is 1. The number of hydrogen-bond donors (Lipinski definition) is 0. The second-order valence-electron chi connectivity index (χ2n) is 11.4. The van der Waals surface area contributed by atoms with Crippen LogP contribution in [-0.2, 0) is 21.7 Å². The van der Waals surface area contributed by atoms with Gasteiger partial charge in [0.05, 0.1) is 48.3 Å². The Morgan fingerprint density at radius 2 is 1.95 bits per heavy atom. The molecular formula is C28H33FN8O2. The number of piperazine rings is 1. The Hall–Kier alpha value is -3.30. The molecule has 0 radical (unpaired) electrons. The first-order chi connectivity index (χ1) is 18.9. The van der Waals surface area contributed by atoms with Gasteiger partial charge in [0, 0.05) is 64.5 Å². The lowest BCUT2D eigenvalue weighted by Gasteiger charge is -2.49. The van der Waals surface area contributed by atoms with Crippen molar-refractivity contribution in [1.82, 2.24) is 24.4 Å². The number of ether oxygens (including phenoxy) is 2. The van der Waals surface area contributed by atoms with E-state index < -0.39 is 5.82 Å². The zero-order chi connectivity index (χ0) is 26.7. The first-order valence-corrected chi connectivity index (χ1v) is 13.7. The third-order valence-corrected chi connectivity index (χ3v) is 8.55. The van der Waals surface area contributed by atoms with Crippen molar-refractivity contribution in [3.05, 3.63) is 53.4 Å². The van der Waals surface area contributed by atoms with Crippen LogP contribution >= 0.6 is 0 Å². The minimum atomic E-state index is -0.428. The van der Waals surface area contributed by atoms with Gasteiger partial charge in [-0.05, 0) is 32.2 Å². The van der Waals surface area contributed by atoms with Gasteiger partial charge < -0.3 is 24.2 Å². The average molecular weight is 533 g/mol. The van der Waals surface area contributed by atoms with E-state index in [1.54, 1.807) is 6.07 Å². The highest BCUT2D eigenvalue weighted by molar-refractivity contribution is 5.74. The summed E-state index contributed by atoms with van der Waals surface area (Å²) in [5.41, 5.74) is 4.51. The number of halogens is 1. The summed E-state index contributed by atoms with van der Waals surface area (Å²) in [5.74, 6) is -0.428. The molecule has 3 aromatic heterocycles. The SMILES string of the molecule is C[C@@H]1CN(c2ccc(C#N)n3ncc(F)c23)C[C@H](CN2CC3(C2)OCc2cc(N4CCN(C)CC4)cnc23)O1. The van der Waals surface area contributed by atoms with Gasteiger partial charge in [-0.1, -0.05) is 0 Å². The van der Waals surface area contributed by atoms with Crippen molar-refractivity contribution in [2.45, 2.75) is 31.3 Å². The minimum absolute atomic E-state index is 0.0150. The number of morpholine rings is 1. The number of nitriles is 1. The second kappa shape index (κ2) is 9.41. The molecule has 0 aromatic carbocycles. The molecule has 0 bridgehead atoms. The summed E-state index contributed by atoms with van der Waals surface area (Å²) < 4.78 is 28.7. The van der Waals surface area contributed by atoms with Crippen molar-refractivity contribution in [2.75, 3.05) is 75.8 Å². The van der Waals surface area contributed by atoms with Crippen molar-refractivity contribution < 1.29 is 13.9 Å². The number of anilines is 2. The zero-order valence-corrected chi connectivity index (χ0v) is 22.4. The van der Waals surface area contributed by atoms with Crippen LogP contribution in [-0.4, -0.2) is 103 Å². The van der Waals surface area contributed by atoms with Crippen LogP contribution in [0.4, 0.5) is 15.8 Å². The van der Waals surface area contributed by atoms with Gasteiger partial charge in [0.15, 0.2) is 5.82 Å². The van der Waals surface area contributed by atoms with Crippen molar-refractivity contribution in [2.24, 2.45) is 0 Å². The molecule has 10 nitrogen and oxygen atoms in total. The Bertz CT molecular complexity index is 1440. The summed E-state index contributed by atoms with van der Waals surface area (Å²) in [6, 6.07) is 7.87. The highest BCUT2D eigenvalue weighted by atomic mass is 19.1. The highest BCUT2D eigenvalue weighted by Gasteiger charge is 2.52. The van der Waals surface area contributed by atoms with Gasteiger partial charge >= 0.3 is 0 Å². The molecule has 0 aliphatic carbocycles. The fourth-order valence-corrected chi connectivity index (χ4v) is 6.61. The molecule has 3 fully saturated rings. The molecule has 3 saturated heterocycles.